The van der Waals surface area contributed by atoms with Crippen LogP contribution in [-0.4, -0.2) is 57.9 Å². The van der Waals surface area contributed by atoms with Crippen LogP contribution >= 0.6 is 11.3 Å². The standard InChI is InChI=1S/C12H17N3O3S/c1-9(16)15-4-2-3-14(5-6-15)7-10-8-19-11(13-10)12(17)18/h8H,2-7H2,1H3,(H,17,18). The van der Waals surface area contributed by atoms with Gasteiger partial charge in [0.15, 0.2) is 0 Å². The van der Waals surface area contributed by atoms with Gasteiger partial charge in [0, 0.05) is 45.0 Å². The molecule has 6 nitrogen and oxygen atoms in total. The molecule has 0 aliphatic carbocycles. The largest absolute Gasteiger partial charge is 0.476 e. The van der Waals surface area contributed by atoms with Gasteiger partial charge in [-0.05, 0) is 6.42 Å². The number of carboxylic acid groups (broad SMARTS) is 1. The van der Waals surface area contributed by atoms with Gasteiger partial charge < -0.3 is 10.0 Å². The number of aromatic carboxylic acids is 1. The zero-order chi connectivity index (χ0) is 13.8. The highest BCUT2D eigenvalue weighted by Gasteiger charge is 2.18. The molecule has 1 aliphatic heterocycles. The number of rotatable bonds is 3. The fourth-order valence-corrected chi connectivity index (χ4v) is 2.80. The van der Waals surface area contributed by atoms with E-state index in [1.165, 1.54) is 0 Å². The Morgan fingerprint density at radius 3 is 2.79 bits per heavy atom. The maximum Gasteiger partial charge on any atom is 0.365 e. The molecule has 7 heteroatoms. The molecule has 1 aliphatic rings. The Morgan fingerprint density at radius 2 is 2.16 bits per heavy atom. The predicted molar refractivity (Wildman–Crippen MR) is 71.2 cm³/mol. The summed E-state index contributed by atoms with van der Waals surface area (Å²) in [5.74, 6) is -0.862. The van der Waals surface area contributed by atoms with Crippen LogP contribution in [0.2, 0.25) is 0 Å². The molecule has 1 aromatic rings. The molecule has 0 aromatic carbocycles. The minimum Gasteiger partial charge on any atom is -0.476 e. The summed E-state index contributed by atoms with van der Waals surface area (Å²) in [6, 6.07) is 0. The van der Waals surface area contributed by atoms with Crippen molar-refractivity contribution in [3.05, 3.63) is 16.1 Å². The molecule has 19 heavy (non-hydrogen) atoms. The molecule has 1 fully saturated rings. The van der Waals surface area contributed by atoms with Gasteiger partial charge in [-0.25, -0.2) is 9.78 Å². The molecule has 0 atom stereocenters. The molecule has 1 saturated heterocycles. The Bertz CT molecular complexity index is 475. The minimum absolute atomic E-state index is 0.115. The quantitative estimate of drug-likeness (QED) is 0.892. The molecule has 0 radical (unpaired) electrons. The lowest BCUT2D eigenvalue weighted by molar-refractivity contribution is -0.128. The first kappa shape index (κ1) is 14.0. The van der Waals surface area contributed by atoms with Crippen LogP contribution in [-0.2, 0) is 11.3 Å². The van der Waals surface area contributed by atoms with E-state index in [-0.39, 0.29) is 10.9 Å². The predicted octanol–water partition coefficient (Wildman–Crippen LogP) is 0.895. The van der Waals surface area contributed by atoms with Crippen molar-refractivity contribution in [3.63, 3.8) is 0 Å². The topological polar surface area (TPSA) is 73.7 Å². The highest BCUT2D eigenvalue weighted by molar-refractivity contribution is 7.11. The molecular weight excluding hydrogens is 266 g/mol. The second kappa shape index (κ2) is 6.12. The van der Waals surface area contributed by atoms with Crippen LogP contribution in [0.1, 0.15) is 28.8 Å². The summed E-state index contributed by atoms with van der Waals surface area (Å²) in [5.41, 5.74) is 0.790. The summed E-state index contributed by atoms with van der Waals surface area (Å²) in [7, 11) is 0. The van der Waals surface area contributed by atoms with Crippen molar-refractivity contribution < 1.29 is 14.7 Å². The maximum absolute atomic E-state index is 11.3. The van der Waals surface area contributed by atoms with Crippen molar-refractivity contribution in [2.24, 2.45) is 0 Å². The number of amides is 1. The molecule has 0 bridgehead atoms. The number of carbonyl (C=O) groups is 2. The van der Waals surface area contributed by atoms with Crippen molar-refractivity contribution in [3.8, 4) is 0 Å². The Balaban J connectivity index is 1.92. The summed E-state index contributed by atoms with van der Waals surface area (Å²) >= 11 is 1.16. The van der Waals surface area contributed by atoms with Crippen LogP contribution in [0.15, 0.2) is 5.38 Å². The average Bonchev–Trinajstić information content (AvgIpc) is 2.68. The molecule has 0 unspecified atom stereocenters. The van der Waals surface area contributed by atoms with E-state index in [4.69, 9.17) is 5.11 Å². The Kier molecular flexibility index (Phi) is 4.49. The summed E-state index contributed by atoms with van der Waals surface area (Å²) in [6.07, 6.45) is 0.940. The molecular formula is C12H17N3O3S. The van der Waals surface area contributed by atoms with Gasteiger partial charge in [0.25, 0.3) is 0 Å². The van der Waals surface area contributed by atoms with E-state index >= 15 is 0 Å². The molecule has 2 heterocycles. The first-order valence-electron chi connectivity index (χ1n) is 6.22. The van der Waals surface area contributed by atoms with Gasteiger partial charge in [-0.15, -0.1) is 11.3 Å². The van der Waals surface area contributed by atoms with Crippen LogP contribution in [0.5, 0.6) is 0 Å². The van der Waals surface area contributed by atoms with E-state index in [1.807, 2.05) is 4.90 Å². The molecule has 0 saturated carbocycles. The SMILES string of the molecule is CC(=O)N1CCCN(Cc2csc(C(=O)O)n2)CC1. The fraction of sp³-hybridized carbons (Fsp3) is 0.583. The molecule has 1 aromatic heterocycles. The highest BCUT2D eigenvalue weighted by Crippen LogP contribution is 2.13. The molecule has 2 rings (SSSR count). The van der Waals surface area contributed by atoms with Crippen LogP contribution in [0.25, 0.3) is 0 Å². The van der Waals surface area contributed by atoms with Crippen molar-refractivity contribution in [2.45, 2.75) is 19.9 Å². The Morgan fingerprint density at radius 1 is 1.37 bits per heavy atom. The third-order valence-corrected chi connectivity index (χ3v) is 4.03. The number of hydrogen-bond acceptors (Lipinski definition) is 5. The van der Waals surface area contributed by atoms with Gasteiger partial charge in [0.1, 0.15) is 0 Å². The smallest absolute Gasteiger partial charge is 0.365 e. The van der Waals surface area contributed by atoms with Gasteiger partial charge in [0.05, 0.1) is 5.69 Å². The van der Waals surface area contributed by atoms with Gasteiger partial charge in [0.2, 0.25) is 10.9 Å². The molecule has 104 valence electrons. The third kappa shape index (κ3) is 3.74. The van der Waals surface area contributed by atoms with Crippen molar-refractivity contribution in [2.75, 3.05) is 26.2 Å². The number of hydrogen-bond donors (Lipinski definition) is 1. The van der Waals surface area contributed by atoms with Gasteiger partial charge in [-0.2, -0.15) is 0 Å². The number of aromatic nitrogens is 1. The monoisotopic (exact) mass is 283 g/mol. The fourth-order valence-electron chi connectivity index (χ4n) is 2.15. The van der Waals surface area contributed by atoms with E-state index in [9.17, 15) is 9.59 Å². The molecule has 1 N–H and O–H groups in total. The van der Waals surface area contributed by atoms with Crippen LogP contribution in [0, 0.1) is 0 Å². The number of carbonyl (C=O) groups excluding carboxylic acids is 1. The first-order valence-corrected chi connectivity index (χ1v) is 7.10. The lowest BCUT2D eigenvalue weighted by Crippen LogP contribution is -2.33. The summed E-state index contributed by atoms with van der Waals surface area (Å²) in [5, 5.41) is 10.8. The number of nitrogens with zero attached hydrogens (tertiary/aromatic N) is 3. The lowest BCUT2D eigenvalue weighted by atomic mass is 10.3. The number of thiazole rings is 1. The van der Waals surface area contributed by atoms with Gasteiger partial charge in [-0.3, -0.25) is 9.69 Å². The van der Waals surface area contributed by atoms with E-state index in [1.54, 1.807) is 12.3 Å². The van der Waals surface area contributed by atoms with E-state index in [0.717, 1.165) is 49.6 Å². The lowest BCUT2D eigenvalue weighted by Gasteiger charge is -2.20. The maximum atomic E-state index is 11.3. The van der Waals surface area contributed by atoms with E-state index in [2.05, 4.69) is 9.88 Å². The normalized spacial score (nSPS) is 17.2. The average molecular weight is 283 g/mol. The van der Waals surface area contributed by atoms with Gasteiger partial charge >= 0.3 is 5.97 Å². The second-order valence-electron chi connectivity index (χ2n) is 4.58. The van der Waals surface area contributed by atoms with E-state index < -0.39 is 5.97 Å². The zero-order valence-corrected chi connectivity index (χ0v) is 11.7. The second-order valence-corrected chi connectivity index (χ2v) is 5.44. The summed E-state index contributed by atoms with van der Waals surface area (Å²) in [6.45, 7) is 5.47. The molecule has 0 spiro atoms. The van der Waals surface area contributed by atoms with E-state index in [0.29, 0.717) is 6.54 Å². The van der Waals surface area contributed by atoms with Crippen molar-refractivity contribution >= 4 is 23.2 Å². The van der Waals surface area contributed by atoms with Crippen LogP contribution in [0.4, 0.5) is 0 Å². The van der Waals surface area contributed by atoms with Crippen molar-refractivity contribution in [1.29, 1.82) is 0 Å². The summed E-state index contributed by atoms with van der Waals surface area (Å²) < 4.78 is 0. The van der Waals surface area contributed by atoms with Crippen LogP contribution < -0.4 is 0 Å². The highest BCUT2D eigenvalue weighted by atomic mass is 32.1. The summed E-state index contributed by atoms with van der Waals surface area (Å²) in [4.78, 5) is 30.2. The van der Waals surface area contributed by atoms with Gasteiger partial charge in [-0.1, -0.05) is 0 Å². The first-order chi connectivity index (χ1) is 9.06. The Labute approximate surface area is 115 Å². The minimum atomic E-state index is -0.977. The zero-order valence-electron chi connectivity index (χ0n) is 10.8. The van der Waals surface area contributed by atoms with Crippen molar-refractivity contribution in [1.82, 2.24) is 14.8 Å². The van der Waals surface area contributed by atoms with Crippen LogP contribution in [0.3, 0.4) is 0 Å². The number of carboxylic acids is 1. The Hall–Kier alpha value is -1.47. The third-order valence-electron chi connectivity index (χ3n) is 3.15. The molecule has 1 amide bonds.